The first-order chi connectivity index (χ1) is 7.22. The first kappa shape index (κ1) is 11.0. The molecule has 0 fully saturated rings. The molecule has 0 radical (unpaired) electrons. The molecule has 78 valence electrons. The summed E-state index contributed by atoms with van der Waals surface area (Å²) in [6.45, 7) is 0.308. The lowest BCUT2D eigenvalue weighted by Gasteiger charge is -2.03. The maximum Gasteiger partial charge on any atom is 0.303 e. The first-order valence-corrected chi connectivity index (χ1v) is 4.42. The molecule has 0 aromatic carbocycles. The molecule has 1 rings (SSSR count). The van der Waals surface area contributed by atoms with Crippen LogP contribution in [0.2, 0.25) is 0 Å². The number of aliphatic carboxylic acids is 1. The zero-order valence-electron chi connectivity index (χ0n) is 8.01. The largest absolute Gasteiger partial charge is 0.492 e. The Kier molecular flexibility index (Phi) is 4.10. The maximum atomic E-state index is 10.2. The van der Waals surface area contributed by atoms with Gasteiger partial charge in [0.05, 0.1) is 18.4 Å². The van der Waals surface area contributed by atoms with Crippen LogP contribution in [0.1, 0.15) is 18.4 Å². The van der Waals surface area contributed by atoms with Crippen molar-refractivity contribution in [2.45, 2.75) is 12.8 Å². The van der Waals surface area contributed by atoms with Crippen molar-refractivity contribution in [1.29, 1.82) is 5.26 Å². The minimum atomic E-state index is -0.845. The number of ether oxygens (including phenoxy) is 1. The van der Waals surface area contributed by atoms with Crippen LogP contribution in [0.25, 0.3) is 0 Å². The Labute approximate surface area is 86.9 Å². The van der Waals surface area contributed by atoms with Gasteiger partial charge in [0.2, 0.25) is 0 Å². The van der Waals surface area contributed by atoms with Crippen molar-refractivity contribution in [2.75, 3.05) is 6.61 Å². The number of nitriles is 1. The fourth-order valence-electron chi connectivity index (χ4n) is 0.972. The van der Waals surface area contributed by atoms with Crippen LogP contribution in [0.4, 0.5) is 0 Å². The van der Waals surface area contributed by atoms with Gasteiger partial charge in [-0.3, -0.25) is 9.78 Å². The third-order valence-electron chi connectivity index (χ3n) is 1.65. The fraction of sp³-hybridized carbons (Fsp3) is 0.300. The summed E-state index contributed by atoms with van der Waals surface area (Å²) in [5.74, 6) is -0.359. The number of hydrogen-bond donors (Lipinski definition) is 1. The van der Waals surface area contributed by atoms with Crippen molar-refractivity contribution < 1.29 is 14.6 Å². The van der Waals surface area contributed by atoms with Crippen LogP contribution >= 0.6 is 0 Å². The van der Waals surface area contributed by atoms with E-state index in [1.807, 2.05) is 6.07 Å². The molecule has 5 heteroatoms. The summed E-state index contributed by atoms with van der Waals surface area (Å²) < 4.78 is 5.22. The van der Waals surface area contributed by atoms with Crippen LogP contribution in [-0.2, 0) is 4.79 Å². The second-order valence-corrected chi connectivity index (χ2v) is 2.87. The molecule has 15 heavy (non-hydrogen) atoms. The molecule has 1 aromatic heterocycles. The van der Waals surface area contributed by atoms with Crippen LogP contribution in [0.15, 0.2) is 18.5 Å². The predicted molar refractivity (Wildman–Crippen MR) is 51.3 cm³/mol. The molecule has 0 amide bonds. The minimum Gasteiger partial charge on any atom is -0.492 e. The van der Waals surface area contributed by atoms with Crippen LogP contribution < -0.4 is 4.74 Å². The standard InChI is InChI=1S/C10H10N2O3/c11-5-8-4-9(7-12-6-8)15-3-1-2-10(13)14/h4,6-7H,1-3H2,(H,13,14). The van der Waals surface area contributed by atoms with Gasteiger partial charge in [-0.15, -0.1) is 0 Å². The van der Waals surface area contributed by atoms with Crippen molar-refractivity contribution in [3.63, 3.8) is 0 Å². The van der Waals surface area contributed by atoms with E-state index in [9.17, 15) is 4.79 Å². The highest BCUT2D eigenvalue weighted by atomic mass is 16.5. The van der Waals surface area contributed by atoms with Crippen molar-refractivity contribution in [2.24, 2.45) is 0 Å². The Morgan fingerprint density at radius 3 is 3.07 bits per heavy atom. The third kappa shape index (κ3) is 4.09. The monoisotopic (exact) mass is 206 g/mol. The van der Waals surface area contributed by atoms with E-state index in [1.165, 1.54) is 12.4 Å². The second kappa shape index (κ2) is 5.60. The highest BCUT2D eigenvalue weighted by Gasteiger charge is 1.99. The average Bonchev–Trinajstić information content (AvgIpc) is 2.24. The second-order valence-electron chi connectivity index (χ2n) is 2.87. The molecule has 0 unspecified atom stereocenters. The number of hydrogen-bond acceptors (Lipinski definition) is 4. The molecule has 1 aromatic rings. The van der Waals surface area contributed by atoms with Crippen molar-refractivity contribution in [3.05, 3.63) is 24.0 Å². The van der Waals surface area contributed by atoms with Crippen molar-refractivity contribution in [3.8, 4) is 11.8 Å². The van der Waals surface area contributed by atoms with E-state index < -0.39 is 5.97 Å². The van der Waals surface area contributed by atoms with Crippen LogP contribution in [0.3, 0.4) is 0 Å². The topological polar surface area (TPSA) is 83.2 Å². The number of aromatic nitrogens is 1. The smallest absolute Gasteiger partial charge is 0.303 e. The van der Waals surface area contributed by atoms with E-state index in [-0.39, 0.29) is 6.42 Å². The molecule has 0 aliphatic carbocycles. The molecule has 0 aliphatic heterocycles. The van der Waals surface area contributed by atoms with Gasteiger partial charge in [-0.25, -0.2) is 0 Å². The van der Waals surface area contributed by atoms with Crippen LogP contribution in [0.5, 0.6) is 5.75 Å². The Morgan fingerprint density at radius 1 is 1.60 bits per heavy atom. The molecular formula is C10H10N2O3. The number of carbonyl (C=O) groups is 1. The van der Waals surface area contributed by atoms with Crippen LogP contribution in [-0.4, -0.2) is 22.7 Å². The summed E-state index contributed by atoms with van der Waals surface area (Å²) in [7, 11) is 0. The van der Waals surface area contributed by atoms with Gasteiger partial charge < -0.3 is 9.84 Å². The molecule has 1 N–H and O–H groups in total. The Morgan fingerprint density at radius 2 is 2.40 bits per heavy atom. The van der Waals surface area contributed by atoms with E-state index in [2.05, 4.69) is 4.98 Å². The number of rotatable bonds is 5. The molecule has 0 saturated carbocycles. The molecule has 0 atom stereocenters. The molecular weight excluding hydrogens is 196 g/mol. The summed E-state index contributed by atoms with van der Waals surface area (Å²) in [6.07, 6.45) is 3.43. The third-order valence-corrected chi connectivity index (χ3v) is 1.65. The van der Waals surface area contributed by atoms with E-state index in [4.69, 9.17) is 15.1 Å². The summed E-state index contributed by atoms with van der Waals surface area (Å²) in [4.78, 5) is 14.0. The van der Waals surface area contributed by atoms with Crippen LogP contribution in [0, 0.1) is 11.3 Å². The summed E-state index contributed by atoms with van der Waals surface area (Å²) in [5, 5.41) is 17.0. The molecule has 0 saturated heterocycles. The maximum absolute atomic E-state index is 10.2. The lowest BCUT2D eigenvalue weighted by molar-refractivity contribution is -0.137. The summed E-state index contributed by atoms with van der Waals surface area (Å²) in [6, 6.07) is 3.50. The summed E-state index contributed by atoms with van der Waals surface area (Å²) >= 11 is 0. The van der Waals surface area contributed by atoms with Gasteiger partial charge in [0, 0.05) is 18.7 Å². The Hall–Kier alpha value is -2.09. The minimum absolute atomic E-state index is 0.0748. The number of carboxylic acid groups (broad SMARTS) is 1. The van der Waals surface area contributed by atoms with Gasteiger partial charge in [0.15, 0.2) is 0 Å². The van der Waals surface area contributed by atoms with Gasteiger partial charge in [0.1, 0.15) is 11.8 Å². The van der Waals surface area contributed by atoms with Gasteiger partial charge in [0.25, 0.3) is 0 Å². The van der Waals surface area contributed by atoms with Gasteiger partial charge in [-0.1, -0.05) is 0 Å². The van der Waals surface area contributed by atoms with Gasteiger partial charge >= 0.3 is 5.97 Å². The van der Waals surface area contributed by atoms with Crippen molar-refractivity contribution in [1.82, 2.24) is 4.98 Å². The number of carboxylic acids is 1. The molecule has 0 spiro atoms. The Balaban J connectivity index is 2.38. The lowest BCUT2D eigenvalue weighted by Crippen LogP contribution is -2.02. The Bertz CT molecular complexity index is 384. The van der Waals surface area contributed by atoms with E-state index in [0.717, 1.165) is 0 Å². The SMILES string of the molecule is N#Cc1cncc(OCCCC(=O)O)c1. The molecule has 0 aliphatic rings. The van der Waals surface area contributed by atoms with E-state index in [1.54, 1.807) is 6.07 Å². The van der Waals surface area contributed by atoms with Crippen molar-refractivity contribution >= 4 is 5.97 Å². The highest BCUT2D eigenvalue weighted by molar-refractivity contribution is 5.66. The first-order valence-electron chi connectivity index (χ1n) is 4.42. The zero-order chi connectivity index (χ0) is 11.1. The molecule has 0 bridgehead atoms. The van der Waals surface area contributed by atoms with E-state index in [0.29, 0.717) is 24.3 Å². The summed E-state index contributed by atoms with van der Waals surface area (Å²) in [5.41, 5.74) is 0.422. The quantitative estimate of drug-likeness (QED) is 0.732. The van der Waals surface area contributed by atoms with E-state index >= 15 is 0 Å². The average molecular weight is 206 g/mol. The highest BCUT2D eigenvalue weighted by Crippen LogP contribution is 2.10. The number of nitrogens with zero attached hydrogens (tertiary/aromatic N) is 2. The lowest BCUT2D eigenvalue weighted by atomic mass is 10.3. The predicted octanol–water partition coefficient (Wildman–Crippen LogP) is 1.20. The zero-order valence-corrected chi connectivity index (χ0v) is 8.01. The normalized spacial score (nSPS) is 9.27. The van der Waals surface area contributed by atoms with Gasteiger partial charge in [-0.2, -0.15) is 5.26 Å². The number of pyridine rings is 1. The fourth-order valence-corrected chi connectivity index (χ4v) is 0.972. The molecule has 5 nitrogen and oxygen atoms in total. The van der Waals surface area contributed by atoms with Gasteiger partial charge in [-0.05, 0) is 6.42 Å². The molecule has 1 heterocycles.